The highest BCUT2D eigenvalue weighted by atomic mass is 35.5. The number of carbonyl (C=O) groups excluding carboxylic acids is 2. The van der Waals surface area contributed by atoms with Crippen LogP contribution < -0.4 is 54.0 Å². The van der Waals surface area contributed by atoms with Crippen LogP contribution >= 0.6 is 92.4 Å². The zero-order valence-electron chi connectivity index (χ0n) is 72.0. The summed E-state index contributed by atoms with van der Waals surface area (Å²) >= 11 is 36.2. The van der Waals surface area contributed by atoms with Crippen molar-refractivity contribution in [2.24, 2.45) is 9.39 Å². The molecule has 2 amide bonds. The van der Waals surface area contributed by atoms with Gasteiger partial charge in [-0.1, -0.05) is 222 Å². The van der Waals surface area contributed by atoms with E-state index in [9.17, 15) is 49.1 Å². The predicted molar refractivity (Wildman–Crippen MR) is 525 cm³/mol. The van der Waals surface area contributed by atoms with Crippen molar-refractivity contribution in [1.82, 2.24) is 5.43 Å². The number of hydrogen-bond acceptors (Lipinski definition) is 19. The fourth-order valence-corrected chi connectivity index (χ4v) is 20.5. The van der Waals surface area contributed by atoms with Crippen LogP contribution in [0.5, 0.6) is 17.2 Å². The summed E-state index contributed by atoms with van der Waals surface area (Å²) in [7, 11) is -12.3. The molecule has 3 unspecified atom stereocenters. The van der Waals surface area contributed by atoms with Crippen LogP contribution in [-0.4, -0.2) is 99.6 Å². The number of sulfonamides is 1. The summed E-state index contributed by atoms with van der Waals surface area (Å²) in [6.45, 7) is 16.5. The smallest absolute Gasteiger partial charge is 0.267 e. The Balaban J connectivity index is 0.000000167. The first-order chi connectivity index (χ1) is 62.0. The van der Waals surface area contributed by atoms with Crippen LogP contribution in [0.25, 0.3) is 54.8 Å². The summed E-state index contributed by atoms with van der Waals surface area (Å²) in [5, 5.41) is 18.1. The van der Waals surface area contributed by atoms with Crippen LogP contribution in [0.2, 0.25) is 25.1 Å². The van der Waals surface area contributed by atoms with Gasteiger partial charge in [0.1, 0.15) is 31.9 Å². The predicted octanol–water partition coefficient (Wildman–Crippen LogP) is 21.5. The molecule has 3 aliphatic heterocycles. The van der Waals surface area contributed by atoms with Crippen LogP contribution in [0.4, 0.5) is 28.4 Å². The third kappa shape index (κ3) is 24.4. The van der Waals surface area contributed by atoms with Gasteiger partial charge < -0.3 is 39.0 Å². The summed E-state index contributed by atoms with van der Waals surface area (Å²) in [5.41, 5.74) is 17.0. The Bertz CT molecular complexity index is 6830. The number of fused-ring (bicyclic) bond motifs is 4. The summed E-state index contributed by atoms with van der Waals surface area (Å²) in [6, 6.07) is 67.0. The average molecular weight is 1970 g/mol. The number of allylic oxidation sites excluding steroid dienone is 4. The molecule has 3 atom stereocenters. The highest BCUT2D eigenvalue weighted by molar-refractivity contribution is 8.01. The first-order valence-electron chi connectivity index (χ1n) is 41.5. The van der Waals surface area contributed by atoms with Crippen molar-refractivity contribution < 1.29 is 72.4 Å². The van der Waals surface area contributed by atoms with Gasteiger partial charge in [-0.25, -0.2) is 26.8 Å². The molecule has 1 saturated heterocycles. The Morgan fingerprint density at radius 1 is 0.654 bits per heavy atom. The number of thioether (sulfide) groups is 1. The molecule has 3 aliphatic rings. The Hall–Kier alpha value is -10.6. The number of hydrogen-bond donors (Lipinski definition) is 3. The fraction of sp³-hybridized carbons (Fsp3) is 0.229. The largest absolute Gasteiger partial charge is 0.857 e. The molecule has 10 aromatic carbocycles. The summed E-state index contributed by atoms with van der Waals surface area (Å²) in [6.07, 6.45) is 10.3. The number of hydrazine groups is 1. The van der Waals surface area contributed by atoms with Gasteiger partial charge in [0.2, 0.25) is 32.8 Å². The van der Waals surface area contributed by atoms with E-state index in [-0.39, 0.29) is 59.2 Å². The number of aliphatic imine (C=N–C) groups is 1. The standard InChI is InChI=1S/C34H30Cl4N4O3S.C32H33ClN2O7S3.C30H29N3O4S2/c1-5-27(45-28-13-11-18(2)14-20(28)4)33(43)40-25-8-6-7-9-29(25)46-31-32(39-26-15-19(3)10-12-22(26)36)41-42(34(31)44)30-23(37)16-21(35)17-24(30)38;1-3-23(19-32-35(15-7-17-44(36,37)38)28-21-26(33)11-13-30(28)43-32)18-31-34(16-14-22(2)45(39,40)41)27-20-25(10-12-29(27)42-31)24-8-5-4-6-9-24;1-4-21(18-30-33(20-28(34)31-39(3,35)36)24-13-9-10-14-27(24)38-30)17-29-32(5-2)25-19-23(15-16-26(25)37-29)22-11-7-6-8-12-22/h6-17,27,31H,5H2,1-4H3,(H,39,41)(H,40,43);4-6,8-13,18-22H,3,7,14-17H2,1-2H3,(H-,36,37,38,39,40,41);6-19H,4-5,20H2,1-3H3. The molecular formula is C96H92Cl5N9O14S6. The lowest BCUT2D eigenvalue weighted by atomic mass is 10.0. The van der Waals surface area contributed by atoms with E-state index in [1.807, 2.05) is 225 Å². The number of amides is 2. The van der Waals surface area contributed by atoms with Crippen molar-refractivity contribution >= 4 is 207 Å². The quantitative estimate of drug-likeness (QED) is 0.0170. The number of halogens is 5. The van der Waals surface area contributed by atoms with Gasteiger partial charge in [-0.3, -0.25) is 19.6 Å². The lowest BCUT2D eigenvalue weighted by Crippen LogP contribution is -2.43. The monoisotopic (exact) mass is 1960 g/mol. The molecule has 0 saturated carbocycles. The molecule has 23 nitrogen and oxygen atoms in total. The second-order valence-corrected chi connectivity index (χ2v) is 41.1. The molecule has 3 N–H and O–H groups in total. The van der Waals surface area contributed by atoms with Gasteiger partial charge in [-0.2, -0.15) is 21.9 Å². The number of thiazole rings is 2. The number of amidine groups is 1. The third-order valence-corrected chi connectivity index (χ3v) is 28.5. The molecule has 0 spiro atoms. The maximum Gasteiger partial charge on any atom is 0.267 e. The Kier molecular flexibility index (Phi) is 31.9. The Morgan fingerprint density at radius 2 is 1.22 bits per heavy atom. The van der Waals surface area contributed by atoms with Crippen LogP contribution in [0.1, 0.15) is 93.4 Å². The molecule has 1 fully saturated rings. The van der Waals surface area contributed by atoms with Crippen molar-refractivity contribution in [3.05, 3.63) is 299 Å². The first-order valence-corrected chi connectivity index (χ1v) is 50.8. The van der Waals surface area contributed by atoms with E-state index >= 15 is 0 Å². The van der Waals surface area contributed by atoms with Crippen molar-refractivity contribution in [2.45, 2.75) is 122 Å². The molecule has 5 heterocycles. The number of nitrogens with zero attached hydrogens (tertiary/aromatic N) is 7. The minimum absolute atomic E-state index is 0.109. The molecule has 0 aliphatic carbocycles. The zero-order valence-corrected chi connectivity index (χ0v) is 80.7. The van der Waals surface area contributed by atoms with E-state index in [1.54, 1.807) is 24.3 Å². The zero-order chi connectivity index (χ0) is 93.0. The van der Waals surface area contributed by atoms with E-state index in [2.05, 4.69) is 58.2 Å². The van der Waals surface area contributed by atoms with Crippen molar-refractivity contribution in [2.75, 3.05) is 45.2 Å². The highest BCUT2D eigenvalue weighted by Gasteiger charge is 2.42. The number of rotatable bonds is 29. The number of carbonyl (C=O) groups is 2. The Labute approximate surface area is 793 Å². The van der Waals surface area contributed by atoms with Gasteiger partial charge >= 0.3 is 0 Å². The first kappa shape index (κ1) is 96.9. The molecule has 0 radical (unpaired) electrons. The number of ether oxygens (including phenoxy) is 3. The number of benzene rings is 10. The second kappa shape index (κ2) is 42.7. The number of aromatic nitrogens is 2. The van der Waals surface area contributed by atoms with Crippen LogP contribution in [0.15, 0.2) is 262 Å². The summed E-state index contributed by atoms with van der Waals surface area (Å²) in [5.74, 6) is 1.84. The van der Waals surface area contributed by atoms with Gasteiger partial charge in [0.05, 0.1) is 59.9 Å². The maximum atomic E-state index is 14.1. The van der Waals surface area contributed by atoms with E-state index in [0.29, 0.717) is 73.9 Å². The van der Waals surface area contributed by atoms with Gasteiger partial charge in [0, 0.05) is 82.0 Å². The van der Waals surface area contributed by atoms with Crippen LogP contribution in [0, 0.1) is 20.8 Å². The van der Waals surface area contributed by atoms with Gasteiger partial charge in [-0.15, -0.1) is 11.8 Å². The molecule has 12 aromatic rings. The number of anilines is 4. The molecule has 0 bridgehead atoms. The fourth-order valence-electron chi connectivity index (χ4n) is 14.5. The summed E-state index contributed by atoms with van der Waals surface area (Å²) in [4.78, 5) is 37.0. The third-order valence-electron chi connectivity index (χ3n) is 21.1. The lowest BCUT2D eigenvalue weighted by molar-refractivity contribution is -0.668. The molecular weight excluding hydrogens is 1870 g/mol. The van der Waals surface area contributed by atoms with Crippen molar-refractivity contribution in [1.29, 1.82) is 0 Å². The molecule has 2 aromatic heterocycles. The van der Waals surface area contributed by atoms with Crippen LogP contribution in [-0.2, 0) is 52.9 Å². The van der Waals surface area contributed by atoms with Gasteiger partial charge in [0.15, 0.2) is 30.7 Å². The molecule has 15 rings (SSSR count). The molecule has 676 valence electrons. The number of nitrogens with one attached hydrogen (secondary N) is 2. The van der Waals surface area contributed by atoms with Crippen LogP contribution in [0.3, 0.4) is 0 Å². The Morgan fingerprint density at radius 3 is 1.82 bits per heavy atom. The van der Waals surface area contributed by atoms with Crippen molar-refractivity contribution in [3.63, 3.8) is 0 Å². The average Bonchev–Trinajstić information content (AvgIpc) is 1.63. The van der Waals surface area contributed by atoms with Crippen molar-refractivity contribution in [3.8, 4) is 39.5 Å². The molecule has 34 heteroatoms. The lowest BCUT2D eigenvalue weighted by Gasteiger charge is -2.22. The minimum Gasteiger partial charge on any atom is -0.857 e. The van der Waals surface area contributed by atoms with E-state index in [0.717, 1.165) is 123 Å². The maximum absolute atomic E-state index is 14.1. The SMILES string of the molecule is CCC(=Cc1sc2ccc(Cl)cc2[n+]1CCCS(=O)(=O)O)C=C1Oc2ccc(-c3ccccc3)cc2N1CCC(C)S(=O)(=O)[O-].CCC(=Cc1sc2ccccc2[n+]1CC([O-])=NS(C)(=O)=O)C=C1Oc2ccc(-c3ccccc3)cc2N1CC.CCC(Oc1ccc(C)cc1C)C(=O)Nc1ccccc1SC1C(=O)N(c2c(Cl)cc(Cl)cc2Cl)NC1=Nc1cc(C)ccc1Cl. The van der Waals surface area contributed by atoms with E-state index in [1.165, 1.54) is 58.5 Å². The molecule has 130 heavy (non-hydrogen) atoms. The number of aryl methyl sites for hydroxylation is 4. The van der Waals surface area contributed by atoms with E-state index < -0.39 is 52.8 Å². The summed E-state index contributed by atoms with van der Waals surface area (Å²) < 4.78 is 118. The second-order valence-electron chi connectivity index (χ2n) is 30.7. The minimum atomic E-state index is -4.46. The van der Waals surface area contributed by atoms with Gasteiger partial charge in [0.25, 0.3) is 31.9 Å². The number of para-hydroxylation sites is 2. The topological polar surface area (TPSA) is 297 Å². The normalized spacial score (nSPS) is 15.6. The van der Waals surface area contributed by atoms with E-state index in [4.69, 9.17) is 77.2 Å². The highest BCUT2D eigenvalue weighted by Crippen LogP contribution is 2.46. The van der Waals surface area contributed by atoms with Gasteiger partial charge in [-0.05, 0) is 190 Å².